The minimum absolute atomic E-state index is 0.106. The van der Waals surface area contributed by atoms with Gasteiger partial charge in [-0.2, -0.15) is 0 Å². The van der Waals surface area contributed by atoms with Crippen LogP contribution in [0.15, 0.2) is 60.8 Å². The number of phosphoric acid groups is 1. The quantitative estimate of drug-likeness (QED) is 0.0237. The monoisotopic (exact) mass is 797 g/mol. The lowest BCUT2D eigenvalue weighted by Gasteiger charge is -2.20. The Morgan fingerprint density at radius 3 is 1.55 bits per heavy atom. The molecule has 0 aliphatic rings. The second-order valence-electron chi connectivity index (χ2n) is 14.0. The number of allylic oxidation sites excluding steroid dienone is 10. The zero-order chi connectivity index (χ0) is 40.5. The van der Waals surface area contributed by atoms with Gasteiger partial charge in [0.1, 0.15) is 12.7 Å². The predicted octanol–water partition coefficient (Wildman–Crippen LogP) is 11.1. The van der Waals surface area contributed by atoms with E-state index in [0.29, 0.717) is 19.3 Å². The third kappa shape index (κ3) is 39.7. The molecule has 0 aliphatic carbocycles. The van der Waals surface area contributed by atoms with E-state index in [2.05, 4.69) is 67.0 Å². The second-order valence-corrected chi connectivity index (χ2v) is 15.5. The number of aliphatic hydroxyl groups excluding tert-OH is 2. The van der Waals surface area contributed by atoms with E-state index in [4.69, 9.17) is 19.1 Å². The van der Waals surface area contributed by atoms with Gasteiger partial charge in [0.2, 0.25) is 0 Å². The molecular weight excluding hydrogens is 719 g/mol. The van der Waals surface area contributed by atoms with Crippen LogP contribution in [0.2, 0.25) is 0 Å². The number of rotatable bonds is 39. The van der Waals surface area contributed by atoms with Gasteiger partial charge in [-0.05, 0) is 70.6 Å². The highest BCUT2D eigenvalue weighted by atomic mass is 31.2. The molecule has 0 amide bonds. The van der Waals surface area contributed by atoms with Gasteiger partial charge < -0.3 is 24.6 Å². The lowest BCUT2D eigenvalue weighted by molar-refractivity contribution is -0.161. The standard InChI is InChI=1S/C44H77O10P/c1-3-5-7-9-11-13-15-17-19-20-22-24-26-28-30-32-34-36-44(48)54-42(40-53-55(49,50)52-38-41(46)37-45)39-51-43(47)35-33-31-29-27-25-23-21-18-16-14-12-10-8-6-4-2/h10-13,17,19,22,24,28,30,41-42,45-46H,3-9,14-16,18,20-21,23,25-27,29,31-40H2,1-2H3,(H,49,50)/b12-10+,13-11+,19-17+,24-22+,30-28+/t41-,42+/m0/s1. The molecule has 0 radical (unpaired) electrons. The molecule has 0 aliphatic heterocycles. The third-order valence-corrected chi connectivity index (χ3v) is 9.60. The van der Waals surface area contributed by atoms with Crippen LogP contribution in [0.1, 0.15) is 168 Å². The van der Waals surface area contributed by atoms with Crippen molar-refractivity contribution < 1.29 is 47.8 Å². The lowest BCUT2D eigenvalue weighted by atomic mass is 10.1. The summed E-state index contributed by atoms with van der Waals surface area (Å²) in [7, 11) is -4.63. The van der Waals surface area contributed by atoms with E-state index in [1.807, 2.05) is 12.2 Å². The number of aliphatic hydroxyl groups is 2. The normalized spacial score (nSPS) is 14.5. The smallest absolute Gasteiger partial charge is 0.462 e. The Hall–Kier alpha value is -2.33. The highest BCUT2D eigenvalue weighted by molar-refractivity contribution is 7.47. The molecule has 1 unspecified atom stereocenters. The molecule has 0 spiro atoms. The van der Waals surface area contributed by atoms with Crippen LogP contribution >= 0.6 is 7.82 Å². The van der Waals surface area contributed by atoms with Crippen LogP contribution in [-0.2, 0) is 32.7 Å². The van der Waals surface area contributed by atoms with E-state index in [9.17, 15) is 24.2 Å². The Morgan fingerprint density at radius 2 is 0.982 bits per heavy atom. The Morgan fingerprint density at radius 1 is 0.545 bits per heavy atom. The summed E-state index contributed by atoms with van der Waals surface area (Å²) in [6.07, 6.45) is 43.3. The predicted molar refractivity (Wildman–Crippen MR) is 224 cm³/mol. The van der Waals surface area contributed by atoms with Crippen LogP contribution in [0.3, 0.4) is 0 Å². The summed E-state index contributed by atoms with van der Waals surface area (Å²) in [6.45, 7) is 2.25. The Bertz CT molecular complexity index is 1100. The van der Waals surface area contributed by atoms with Gasteiger partial charge in [0.05, 0.1) is 19.8 Å². The summed E-state index contributed by atoms with van der Waals surface area (Å²) in [5.74, 6) is -0.996. The maximum atomic E-state index is 12.6. The highest BCUT2D eigenvalue weighted by Crippen LogP contribution is 2.43. The molecule has 3 atom stereocenters. The van der Waals surface area contributed by atoms with Gasteiger partial charge in [0, 0.05) is 12.8 Å². The van der Waals surface area contributed by atoms with E-state index in [0.717, 1.165) is 44.9 Å². The van der Waals surface area contributed by atoms with Crippen molar-refractivity contribution in [1.29, 1.82) is 0 Å². The zero-order valence-electron chi connectivity index (χ0n) is 34.4. The van der Waals surface area contributed by atoms with Crippen molar-refractivity contribution in [3.05, 3.63) is 60.8 Å². The van der Waals surface area contributed by atoms with Crippen LogP contribution in [-0.4, -0.2) is 65.7 Å². The van der Waals surface area contributed by atoms with E-state index in [1.165, 1.54) is 77.0 Å². The van der Waals surface area contributed by atoms with Crippen molar-refractivity contribution >= 4 is 19.8 Å². The van der Waals surface area contributed by atoms with Gasteiger partial charge in [-0.1, -0.05) is 145 Å². The maximum Gasteiger partial charge on any atom is 0.472 e. The van der Waals surface area contributed by atoms with E-state index in [1.54, 1.807) is 0 Å². The Balaban J connectivity index is 4.42. The summed E-state index contributed by atoms with van der Waals surface area (Å²) in [5.41, 5.74) is 0. The SMILES string of the molecule is CCCC/C=C/CCCCCCCCCCCC(=O)OC[C@H](COP(=O)(O)OC[C@@H](O)CO)OC(=O)CCC/C=C/C/C=C/C/C=C/C/C=C/CCCCC. The van der Waals surface area contributed by atoms with Gasteiger partial charge in [0.25, 0.3) is 0 Å². The van der Waals surface area contributed by atoms with Crippen molar-refractivity contribution in [3.8, 4) is 0 Å². The number of ether oxygens (including phenoxy) is 2. The number of carbonyl (C=O) groups excluding carboxylic acids is 2. The highest BCUT2D eigenvalue weighted by Gasteiger charge is 2.27. The zero-order valence-corrected chi connectivity index (χ0v) is 35.3. The van der Waals surface area contributed by atoms with Gasteiger partial charge in [-0.3, -0.25) is 18.6 Å². The maximum absolute atomic E-state index is 12.6. The van der Waals surface area contributed by atoms with Crippen molar-refractivity contribution in [2.45, 2.75) is 180 Å². The number of carbonyl (C=O) groups is 2. The molecule has 10 nitrogen and oxygen atoms in total. The molecule has 0 saturated heterocycles. The van der Waals surface area contributed by atoms with E-state index in [-0.39, 0.29) is 19.4 Å². The number of unbranched alkanes of at least 4 members (excludes halogenated alkanes) is 15. The molecule has 318 valence electrons. The van der Waals surface area contributed by atoms with Crippen molar-refractivity contribution in [3.63, 3.8) is 0 Å². The Kier molecular flexibility index (Phi) is 38.2. The van der Waals surface area contributed by atoms with Gasteiger partial charge in [0.15, 0.2) is 6.10 Å². The summed E-state index contributed by atoms with van der Waals surface area (Å²) in [4.78, 5) is 34.9. The van der Waals surface area contributed by atoms with E-state index < -0.39 is 51.8 Å². The first-order chi connectivity index (χ1) is 26.7. The molecule has 0 fully saturated rings. The van der Waals surface area contributed by atoms with Crippen LogP contribution < -0.4 is 0 Å². The molecule has 0 rings (SSSR count). The largest absolute Gasteiger partial charge is 0.472 e. The van der Waals surface area contributed by atoms with Crippen molar-refractivity contribution in [2.75, 3.05) is 26.4 Å². The Labute approximate surface area is 334 Å². The van der Waals surface area contributed by atoms with Crippen LogP contribution in [0.5, 0.6) is 0 Å². The fourth-order valence-corrected chi connectivity index (χ4v) is 6.11. The summed E-state index contributed by atoms with van der Waals surface area (Å²) in [5, 5.41) is 18.3. The molecule has 55 heavy (non-hydrogen) atoms. The summed E-state index contributed by atoms with van der Waals surface area (Å²) in [6, 6.07) is 0. The first-order valence-electron chi connectivity index (χ1n) is 21.2. The number of hydrogen-bond acceptors (Lipinski definition) is 9. The van der Waals surface area contributed by atoms with Crippen LogP contribution in [0.25, 0.3) is 0 Å². The van der Waals surface area contributed by atoms with E-state index >= 15 is 0 Å². The number of esters is 2. The topological polar surface area (TPSA) is 149 Å². The number of phosphoric ester groups is 1. The van der Waals surface area contributed by atoms with Gasteiger partial charge in [-0.15, -0.1) is 0 Å². The third-order valence-electron chi connectivity index (χ3n) is 8.64. The molecule has 0 heterocycles. The summed E-state index contributed by atoms with van der Waals surface area (Å²) < 4.78 is 32.6. The van der Waals surface area contributed by atoms with Gasteiger partial charge in [-0.25, -0.2) is 4.57 Å². The minimum atomic E-state index is -4.63. The fraction of sp³-hybridized carbons (Fsp3) is 0.727. The molecule has 0 aromatic heterocycles. The molecule has 0 aromatic rings. The molecular formula is C44H77O10P. The lowest BCUT2D eigenvalue weighted by Crippen LogP contribution is -2.29. The van der Waals surface area contributed by atoms with Crippen molar-refractivity contribution in [1.82, 2.24) is 0 Å². The average molecular weight is 797 g/mol. The molecule has 3 N–H and O–H groups in total. The van der Waals surface area contributed by atoms with Gasteiger partial charge >= 0.3 is 19.8 Å². The summed E-state index contributed by atoms with van der Waals surface area (Å²) >= 11 is 0. The first kappa shape index (κ1) is 52.7. The molecule has 11 heteroatoms. The average Bonchev–Trinajstić information content (AvgIpc) is 3.17. The number of hydrogen-bond donors (Lipinski definition) is 3. The molecule has 0 saturated carbocycles. The first-order valence-corrected chi connectivity index (χ1v) is 22.7. The van der Waals surface area contributed by atoms with Crippen molar-refractivity contribution in [2.24, 2.45) is 0 Å². The fourth-order valence-electron chi connectivity index (χ4n) is 5.32. The molecule has 0 bridgehead atoms. The second kappa shape index (κ2) is 39.9. The van der Waals surface area contributed by atoms with Crippen LogP contribution in [0, 0.1) is 0 Å². The molecule has 0 aromatic carbocycles. The minimum Gasteiger partial charge on any atom is -0.462 e. The van der Waals surface area contributed by atoms with Crippen LogP contribution in [0.4, 0.5) is 0 Å².